The van der Waals surface area contributed by atoms with E-state index < -0.39 is 18.2 Å². The molecule has 0 aliphatic carbocycles. The average molecular weight is 202 g/mol. The maximum absolute atomic E-state index is 10.6. The second-order valence-electron chi connectivity index (χ2n) is 2.68. The van der Waals surface area contributed by atoms with E-state index in [2.05, 4.69) is 6.58 Å². The van der Waals surface area contributed by atoms with Crippen molar-refractivity contribution in [2.45, 2.75) is 25.7 Å². The Hall–Kier alpha value is -1.10. The van der Waals surface area contributed by atoms with E-state index in [9.17, 15) is 9.59 Å². The van der Waals surface area contributed by atoms with Crippen molar-refractivity contribution >= 4 is 22.2 Å². The van der Waals surface area contributed by atoms with Crippen LogP contribution >= 0.6 is 0 Å². The van der Waals surface area contributed by atoms with Crippen molar-refractivity contribution in [1.29, 1.82) is 0 Å². The van der Waals surface area contributed by atoms with Gasteiger partial charge in [0, 0.05) is 29.6 Å². The number of rotatable bonds is 4. The summed E-state index contributed by atoms with van der Waals surface area (Å²) >= 11 is 0. The third kappa shape index (κ3) is 5.19. The Labute approximate surface area is 80.3 Å². The van der Waals surface area contributed by atoms with E-state index in [4.69, 9.17) is 9.47 Å². The lowest BCUT2D eigenvalue weighted by atomic mass is 10.4. The fraction of sp³-hybridized carbons (Fsp3) is 0.500. The van der Waals surface area contributed by atoms with Crippen molar-refractivity contribution in [3.8, 4) is 0 Å². The Morgan fingerprint density at radius 1 is 1.31 bits per heavy atom. The molecule has 0 radical (unpaired) electrons. The minimum Gasteiger partial charge on any atom is -0.425 e. The molecule has 0 fully saturated rings. The lowest BCUT2D eigenvalue weighted by Gasteiger charge is -2.20. The fourth-order valence-corrected chi connectivity index (χ4v) is 0.949. The van der Waals surface area contributed by atoms with E-state index in [1.807, 2.05) is 0 Å². The monoisotopic (exact) mass is 202 g/mol. The Kier molecular flexibility index (Phi) is 5.06. The molecule has 0 aromatic carbocycles. The molecule has 0 heterocycles. The first-order valence-corrected chi connectivity index (χ1v) is 5.09. The van der Waals surface area contributed by atoms with E-state index in [1.54, 1.807) is 6.08 Å². The summed E-state index contributed by atoms with van der Waals surface area (Å²) in [5, 5.41) is 0. The fourth-order valence-electron chi connectivity index (χ4n) is 0.677. The lowest BCUT2D eigenvalue weighted by Crippen LogP contribution is -2.26. The van der Waals surface area contributed by atoms with Crippen molar-refractivity contribution in [1.82, 2.24) is 0 Å². The van der Waals surface area contributed by atoms with Crippen LogP contribution in [-0.2, 0) is 19.1 Å². The van der Waals surface area contributed by atoms with Crippen LogP contribution in [0.4, 0.5) is 0 Å². The molecule has 0 aromatic heterocycles. The van der Waals surface area contributed by atoms with Crippen LogP contribution in [0, 0.1) is 0 Å². The quantitative estimate of drug-likeness (QED) is 0.274. The minimum atomic E-state index is -0.806. The van der Waals surface area contributed by atoms with Crippen molar-refractivity contribution in [2.75, 3.05) is 0 Å². The highest BCUT2D eigenvalue weighted by Crippen LogP contribution is 2.13. The van der Waals surface area contributed by atoms with Crippen LogP contribution in [0.2, 0.25) is 5.54 Å². The zero-order valence-corrected chi connectivity index (χ0v) is 10.1. The standard InChI is InChI=1S/C8H14O4Si/c1-4-7(13)8(11-5(2)9)12-6(3)10/h4,7-8H,1H2,2-3,13H3. The van der Waals surface area contributed by atoms with Crippen molar-refractivity contribution < 1.29 is 19.1 Å². The smallest absolute Gasteiger partial charge is 0.305 e. The number of hydrogen-bond donors (Lipinski definition) is 0. The second-order valence-corrected chi connectivity index (χ2v) is 4.02. The molecule has 1 atom stereocenters. The van der Waals surface area contributed by atoms with Gasteiger partial charge in [0.25, 0.3) is 0 Å². The summed E-state index contributed by atoms with van der Waals surface area (Å²) in [6.07, 6.45) is 0.808. The molecule has 0 amide bonds. The van der Waals surface area contributed by atoms with Crippen LogP contribution in [0.25, 0.3) is 0 Å². The summed E-state index contributed by atoms with van der Waals surface area (Å²) in [6.45, 7) is 6.09. The summed E-state index contributed by atoms with van der Waals surface area (Å²) in [5.74, 6) is -0.928. The summed E-state index contributed by atoms with van der Waals surface area (Å²) in [5.41, 5.74) is -0.0761. The summed E-state index contributed by atoms with van der Waals surface area (Å²) in [7, 11) is 0.711. The first kappa shape index (κ1) is 11.9. The molecule has 0 saturated heterocycles. The van der Waals surface area contributed by atoms with Gasteiger partial charge in [0.2, 0.25) is 6.29 Å². The van der Waals surface area contributed by atoms with Gasteiger partial charge in [-0.3, -0.25) is 9.59 Å². The van der Waals surface area contributed by atoms with Crippen molar-refractivity contribution in [2.24, 2.45) is 0 Å². The molecular weight excluding hydrogens is 188 g/mol. The number of ether oxygens (including phenoxy) is 2. The average Bonchev–Trinajstić information content (AvgIpc) is 2.00. The molecule has 0 spiro atoms. The van der Waals surface area contributed by atoms with E-state index >= 15 is 0 Å². The minimum absolute atomic E-state index is 0.0761. The van der Waals surface area contributed by atoms with E-state index in [1.165, 1.54) is 13.8 Å². The van der Waals surface area contributed by atoms with Crippen LogP contribution in [0.15, 0.2) is 12.7 Å². The molecule has 0 bridgehead atoms. The van der Waals surface area contributed by atoms with Gasteiger partial charge < -0.3 is 9.47 Å². The molecule has 0 aliphatic rings. The van der Waals surface area contributed by atoms with E-state index in [0.717, 1.165) is 0 Å². The molecule has 1 unspecified atom stereocenters. The van der Waals surface area contributed by atoms with Gasteiger partial charge in [-0.25, -0.2) is 0 Å². The van der Waals surface area contributed by atoms with Crippen LogP contribution in [0.5, 0.6) is 0 Å². The Bertz CT molecular complexity index is 198. The SMILES string of the molecule is C=CC([SiH3])C(OC(C)=O)OC(C)=O. The van der Waals surface area contributed by atoms with Gasteiger partial charge in [-0.2, -0.15) is 0 Å². The Morgan fingerprint density at radius 2 is 1.69 bits per heavy atom. The van der Waals surface area contributed by atoms with Gasteiger partial charge in [0.05, 0.1) is 0 Å². The molecule has 4 nitrogen and oxygen atoms in total. The normalized spacial score (nSPS) is 12.2. The highest BCUT2D eigenvalue weighted by Gasteiger charge is 2.20. The third-order valence-corrected chi connectivity index (χ3v) is 2.38. The van der Waals surface area contributed by atoms with Gasteiger partial charge in [0.1, 0.15) is 0 Å². The van der Waals surface area contributed by atoms with E-state index in [0.29, 0.717) is 10.2 Å². The summed E-state index contributed by atoms with van der Waals surface area (Å²) < 4.78 is 9.59. The van der Waals surface area contributed by atoms with Crippen LogP contribution in [-0.4, -0.2) is 28.5 Å². The molecular formula is C8H14O4Si. The van der Waals surface area contributed by atoms with Gasteiger partial charge >= 0.3 is 11.9 Å². The predicted molar refractivity (Wildman–Crippen MR) is 51.2 cm³/mol. The number of carbonyl (C=O) groups excluding carboxylic acids is 2. The molecule has 5 heteroatoms. The van der Waals surface area contributed by atoms with E-state index in [-0.39, 0.29) is 5.54 Å². The number of carbonyl (C=O) groups is 2. The zero-order valence-electron chi connectivity index (χ0n) is 8.07. The maximum atomic E-state index is 10.6. The van der Waals surface area contributed by atoms with Crippen molar-refractivity contribution in [3.63, 3.8) is 0 Å². The predicted octanol–water partition coefficient (Wildman–Crippen LogP) is -0.221. The molecule has 0 N–H and O–H groups in total. The molecule has 0 aromatic rings. The lowest BCUT2D eigenvalue weighted by molar-refractivity contribution is -0.183. The topological polar surface area (TPSA) is 52.6 Å². The van der Waals surface area contributed by atoms with Crippen LogP contribution in [0.3, 0.4) is 0 Å². The number of hydrogen-bond acceptors (Lipinski definition) is 4. The molecule has 74 valence electrons. The maximum Gasteiger partial charge on any atom is 0.305 e. The summed E-state index contributed by atoms with van der Waals surface area (Å²) in [6, 6.07) is 0. The second kappa shape index (κ2) is 5.53. The highest BCUT2D eigenvalue weighted by atomic mass is 28.1. The number of esters is 2. The molecule has 0 saturated carbocycles. The zero-order chi connectivity index (χ0) is 10.4. The summed E-state index contributed by atoms with van der Waals surface area (Å²) in [4.78, 5) is 21.2. The molecule has 13 heavy (non-hydrogen) atoms. The van der Waals surface area contributed by atoms with Crippen LogP contribution < -0.4 is 0 Å². The highest BCUT2D eigenvalue weighted by molar-refractivity contribution is 6.13. The van der Waals surface area contributed by atoms with Crippen molar-refractivity contribution in [3.05, 3.63) is 12.7 Å². The van der Waals surface area contributed by atoms with Gasteiger partial charge in [-0.1, -0.05) is 6.08 Å². The Morgan fingerprint density at radius 3 is 1.92 bits per heavy atom. The third-order valence-electron chi connectivity index (χ3n) is 1.37. The Balaban J connectivity index is 4.25. The first-order chi connectivity index (χ1) is 5.97. The van der Waals surface area contributed by atoms with Gasteiger partial charge in [-0.05, 0) is 0 Å². The van der Waals surface area contributed by atoms with Crippen LogP contribution in [0.1, 0.15) is 13.8 Å². The first-order valence-electron chi connectivity index (χ1n) is 3.94. The molecule has 0 rings (SSSR count). The van der Waals surface area contributed by atoms with Gasteiger partial charge in [-0.15, -0.1) is 6.58 Å². The van der Waals surface area contributed by atoms with Gasteiger partial charge in [0.15, 0.2) is 0 Å². The largest absolute Gasteiger partial charge is 0.425 e. The molecule has 0 aliphatic heterocycles.